The Morgan fingerprint density at radius 2 is 2.00 bits per heavy atom. The summed E-state index contributed by atoms with van der Waals surface area (Å²) in [5.41, 5.74) is 2.63. The number of rotatable bonds is 9. The summed E-state index contributed by atoms with van der Waals surface area (Å²) in [5, 5.41) is 13.1. The number of hydrogen-bond acceptors (Lipinski definition) is 4. The van der Waals surface area contributed by atoms with Crippen LogP contribution in [0.4, 0.5) is 0 Å². The Balaban J connectivity index is 2.82. The highest BCUT2D eigenvalue weighted by atomic mass is 16.5. The zero-order chi connectivity index (χ0) is 16.7. The Hall–Kier alpha value is -1.39. The van der Waals surface area contributed by atoms with Crippen molar-refractivity contribution in [1.82, 2.24) is 5.32 Å². The molecule has 0 bridgehead atoms. The number of aliphatic hydroxyl groups is 1. The predicted octanol–water partition coefficient (Wildman–Crippen LogP) is 3.02. The van der Waals surface area contributed by atoms with Crippen LogP contribution in [0.5, 0.6) is 5.75 Å². The van der Waals surface area contributed by atoms with E-state index in [1.165, 1.54) is 0 Å². The summed E-state index contributed by atoms with van der Waals surface area (Å²) in [6, 6.07) is 4.18. The van der Waals surface area contributed by atoms with Gasteiger partial charge in [0.15, 0.2) is 5.78 Å². The van der Waals surface area contributed by atoms with Crippen LogP contribution in [0.3, 0.4) is 0 Å². The molecule has 22 heavy (non-hydrogen) atoms. The second-order valence-corrected chi connectivity index (χ2v) is 6.16. The molecule has 0 heterocycles. The van der Waals surface area contributed by atoms with E-state index in [-0.39, 0.29) is 12.4 Å². The lowest BCUT2D eigenvalue weighted by molar-refractivity contribution is 0.0944. The van der Waals surface area contributed by atoms with Crippen molar-refractivity contribution in [3.8, 4) is 5.75 Å². The van der Waals surface area contributed by atoms with Crippen LogP contribution in [0.2, 0.25) is 0 Å². The first-order chi connectivity index (χ1) is 10.3. The third-order valence-electron chi connectivity index (χ3n) is 3.39. The van der Waals surface area contributed by atoms with E-state index in [1.54, 1.807) is 0 Å². The van der Waals surface area contributed by atoms with Gasteiger partial charge in [-0.2, -0.15) is 0 Å². The fourth-order valence-electron chi connectivity index (χ4n) is 2.37. The minimum Gasteiger partial charge on any atom is -0.490 e. The molecule has 2 N–H and O–H groups in total. The van der Waals surface area contributed by atoms with Gasteiger partial charge in [-0.25, -0.2) is 0 Å². The van der Waals surface area contributed by atoms with E-state index in [1.807, 2.05) is 46.8 Å². The van der Waals surface area contributed by atoms with Crippen LogP contribution >= 0.6 is 0 Å². The quantitative estimate of drug-likeness (QED) is 0.689. The van der Waals surface area contributed by atoms with Gasteiger partial charge in [-0.3, -0.25) is 4.79 Å². The second kappa shape index (κ2) is 8.91. The monoisotopic (exact) mass is 307 g/mol. The zero-order valence-electron chi connectivity index (χ0n) is 14.4. The molecule has 0 saturated carbocycles. The maximum atomic E-state index is 12.3. The van der Waals surface area contributed by atoms with Gasteiger partial charge >= 0.3 is 0 Å². The lowest BCUT2D eigenvalue weighted by atomic mass is 9.98. The lowest BCUT2D eigenvalue weighted by Crippen LogP contribution is -2.35. The Bertz CT molecular complexity index is 497. The summed E-state index contributed by atoms with van der Waals surface area (Å²) in [5.74, 6) is 0.685. The van der Waals surface area contributed by atoms with Crippen molar-refractivity contribution >= 4 is 5.78 Å². The first-order valence-corrected chi connectivity index (χ1v) is 8.03. The molecule has 0 saturated heterocycles. The van der Waals surface area contributed by atoms with E-state index in [0.29, 0.717) is 30.3 Å². The Morgan fingerprint density at radius 1 is 1.32 bits per heavy atom. The van der Waals surface area contributed by atoms with Crippen molar-refractivity contribution < 1.29 is 14.6 Å². The molecule has 0 spiro atoms. The van der Waals surface area contributed by atoms with Gasteiger partial charge < -0.3 is 15.2 Å². The number of benzene rings is 1. The van der Waals surface area contributed by atoms with Gasteiger partial charge in [-0.15, -0.1) is 0 Å². The van der Waals surface area contributed by atoms with Crippen LogP contribution < -0.4 is 10.1 Å². The number of carbonyl (C=O) groups excluding carboxylic acids is 1. The molecule has 0 aliphatic carbocycles. The SMILES string of the molecule is CCCC(=O)c1c(C)cc(C)cc1OCC(O)CNC(C)C. The molecule has 1 rings (SSSR count). The highest BCUT2D eigenvalue weighted by Gasteiger charge is 2.17. The molecule has 0 aliphatic rings. The zero-order valence-corrected chi connectivity index (χ0v) is 14.4. The molecule has 1 aromatic rings. The van der Waals surface area contributed by atoms with E-state index in [2.05, 4.69) is 5.32 Å². The summed E-state index contributed by atoms with van der Waals surface area (Å²) in [4.78, 5) is 12.3. The highest BCUT2D eigenvalue weighted by molar-refractivity contribution is 6.00. The van der Waals surface area contributed by atoms with E-state index >= 15 is 0 Å². The van der Waals surface area contributed by atoms with Crippen LogP contribution in [-0.2, 0) is 0 Å². The Morgan fingerprint density at radius 3 is 2.59 bits per heavy atom. The van der Waals surface area contributed by atoms with Crippen LogP contribution in [0.1, 0.15) is 55.1 Å². The normalized spacial score (nSPS) is 12.5. The predicted molar refractivity (Wildman–Crippen MR) is 89.8 cm³/mol. The molecule has 0 amide bonds. The molecule has 1 atom stereocenters. The first kappa shape index (κ1) is 18.7. The average Bonchev–Trinajstić information content (AvgIpc) is 2.42. The maximum Gasteiger partial charge on any atom is 0.166 e. The molecular weight excluding hydrogens is 278 g/mol. The molecule has 124 valence electrons. The maximum absolute atomic E-state index is 12.3. The second-order valence-electron chi connectivity index (χ2n) is 6.16. The molecule has 0 aliphatic heterocycles. The molecule has 1 unspecified atom stereocenters. The minimum atomic E-state index is -0.600. The highest BCUT2D eigenvalue weighted by Crippen LogP contribution is 2.26. The van der Waals surface area contributed by atoms with Crippen LogP contribution in [-0.4, -0.2) is 36.2 Å². The first-order valence-electron chi connectivity index (χ1n) is 8.03. The summed E-state index contributed by atoms with van der Waals surface area (Å²) in [7, 11) is 0. The molecule has 0 aromatic heterocycles. The lowest BCUT2D eigenvalue weighted by Gasteiger charge is -2.18. The van der Waals surface area contributed by atoms with Crippen LogP contribution in [0.15, 0.2) is 12.1 Å². The standard InChI is InChI=1S/C18H29NO3/c1-6-7-16(21)18-14(5)8-13(4)9-17(18)22-11-15(20)10-19-12(2)3/h8-9,12,15,19-20H,6-7,10-11H2,1-5H3. The number of Topliss-reactive ketones (excluding diaryl/α,β-unsaturated/α-hetero) is 1. The molecule has 4 heteroatoms. The van der Waals surface area contributed by atoms with Gasteiger partial charge in [0.25, 0.3) is 0 Å². The van der Waals surface area contributed by atoms with Crippen LogP contribution in [0, 0.1) is 13.8 Å². The summed E-state index contributed by atoms with van der Waals surface area (Å²) >= 11 is 0. The number of ether oxygens (including phenoxy) is 1. The third kappa shape index (κ3) is 5.78. The molecular formula is C18H29NO3. The van der Waals surface area contributed by atoms with Gasteiger partial charge in [-0.1, -0.05) is 26.8 Å². The van der Waals surface area contributed by atoms with Crippen molar-refractivity contribution in [3.63, 3.8) is 0 Å². The number of carbonyl (C=O) groups is 1. The Kier molecular flexibility index (Phi) is 7.56. The van der Waals surface area contributed by atoms with Crippen molar-refractivity contribution in [3.05, 3.63) is 28.8 Å². The van der Waals surface area contributed by atoms with Gasteiger partial charge in [0.1, 0.15) is 18.5 Å². The number of hydrogen-bond donors (Lipinski definition) is 2. The van der Waals surface area contributed by atoms with E-state index < -0.39 is 6.10 Å². The Labute approximate surface area is 133 Å². The van der Waals surface area contributed by atoms with Gasteiger partial charge in [0.05, 0.1) is 5.56 Å². The number of ketones is 1. The van der Waals surface area contributed by atoms with Crippen molar-refractivity contribution in [2.45, 2.75) is 59.6 Å². The number of aliphatic hydroxyl groups excluding tert-OH is 1. The summed E-state index contributed by atoms with van der Waals surface area (Å²) in [6.45, 7) is 10.6. The topological polar surface area (TPSA) is 58.6 Å². The van der Waals surface area contributed by atoms with Gasteiger partial charge in [0.2, 0.25) is 0 Å². The number of nitrogens with one attached hydrogen (secondary N) is 1. The average molecular weight is 307 g/mol. The summed E-state index contributed by atoms with van der Waals surface area (Å²) in [6.07, 6.45) is 0.724. The molecule has 0 radical (unpaired) electrons. The minimum absolute atomic E-state index is 0.102. The molecule has 0 fully saturated rings. The number of aryl methyl sites for hydroxylation is 2. The van der Waals surface area contributed by atoms with E-state index in [4.69, 9.17) is 4.74 Å². The summed E-state index contributed by atoms with van der Waals surface area (Å²) < 4.78 is 5.75. The van der Waals surface area contributed by atoms with Crippen molar-refractivity contribution in [2.24, 2.45) is 0 Å². The fraction of sp³-hybridized carbons (Fsp3) is 0.611. The van der Waals surface area contributed by atoms with E-state index in [9.17, 15) is 9.90 Å². The van der Waals surface area contributed by atoms with E-state index in [0.717, 1.165) is 17.5 Å². The molecule has 4 nitrogen and oxygen atoms in total. The third-order valence-corrected chi connectivity index (χ3v) is 3.39. The van der Waals surface area contributed by atoms with Crippen molar-refractivity contribution in [1.29, 1.82) is 0 Å². The molecule has 1 aromatic carbocycles. The van der Waals surface area contributed by atoms with Gasteiger partial charge in [0, 0.05) is 19.0 Å². The smallest absolute Gasteiger partial charge is 0.166 e. The fourth-order valence-corrected chi connectivity index (χ4v) is 2.37. The largest absolute Gasteiger partial charge is 0.490 e. The van der Waals surface area contributed by atoms with Crippen LogP contribution in [0.25, 0.3) is 0 Å². The van der Waals surface area contributed by atoms with Gasteiger partial charge in [-0.05, 0) is 37.5 Å². The van der Waals surface area contributed by atoms with Crippen molar-refractivity contribution in [2.75, 3.05) is 13.2 Å².